The molecule has 2 aromatic heterocycles. The first-order chi connectivity index (χ1) is 12.6. The molecule has 0 unspecified atom stereocenters. The average Bonchev–Trinajstić information content (AvgIpc) is 3.25. The third-order valence-corrected chi connectivity index (χ3v) is 5.04. The molecular weight excluding hydrogens is 332 g/mol. The molecule has 138 valence electrons. The SMILES string of the molecule is CC(C)c1noc([C@@H]2CCCN(CCn3c(=O)oc4ccccc43)C2)n1. The Morgan fingerprint density at radius 2 is 2.12 bits per heavy atom. The second-order valence-corrected chi connectivity index (χ2v) is 7.27. The van der Waals surface area contributed by atoms with Gasteiger partial charge in [0.2, 0.25) is 5.89 Å². The molecule has 4 rings (SSSR count). The fourth-order valence-electron chi connectivity index (χ4n) is 3.57. The van der Waals surface area contributed by atoms with Crippen LogP contribution in [0.3, 0.4) is 0 Å². The Kier molecular flexibility index (Phi) is 4.63. The molecule has 0 spiro atoms. The molecule has 26 heavy (non-hydrogen) atoms. The van der Waals surface area contributed by atoms with Crippen molar-refractivity contribution in [3.63, 3.8) is 0 Å². The summed E-state index contributed by atoms with van der Waals surface area (Å²) in [6, 6.07) is 7.55. The number of fused-ring (bicyclic) bond motifs is 1. The topological polar surface area (TPSA) is 77.3 Å². The number of piperidine rings is 1. The Bertz CT molecular complexity index is 940. The van der Waals surface area contributed by atoms with Crippen LogP contribution in [0.4, 0.5) is 0 Å². The number of rotatable bonds is 5. The highest BCUT2D eigenvalue weighted by molar-refractivity contribution is 5.72. The monoisotopic (exact) mass is 356 g/mol. The van der Waals surface area contributed by atoms with Gasteiger partial charge >= 0.3 is 5.76 Å². The summed E-state index contributed by atoms with van der Waals surface area (Å²) in [7, 11) is 0. The van der Waals surface area contributed by atoms with Crippen LogP contribution in [-0.4, -0.2) is 39.2 Å². The Labute approximate surface area is 151 Å². The minimum atomic E-state index is -0.293. The standard InChI is InChI=1S/C19H24N4O3/c1-13(2)17-20-18(26-21-17)14-6-5-9-22(12-14)10-11-23-15-7-3-4-8-16(15)25-19(23)24/h3-4,7-8,13-14H,5-6,9-12H2,1-2H3/t14-/m1/s1. The molecular formula is C19H24N4O3. The second kappa shape index (κ2) is 7.07. The highest BCUT2D eigenvalue weighted by Crippen LogP contribution is 2.26. The van der Waals surface area contributed by atoms with Crippen molar-refractivity contribution in [2.45, 2.75) is 45.1 Å². The van der Waals surface area contributed by atoms with E-state index < -0.39 is 0 Å². The van der Waals surface area contributed by atoms with Gasteiger partial charge in [0.15, 0.2) is 11.4 Å². The van der Waals surface area contributed by atoms with Crippen LogP contribution in [0.1, 0.15) is 50.2 Å². The summed E-state index contributed by atoms with van der Waals surface area (Å²) >= 11 is 0. The summed E-state index contributed by atoms with van der Waals surface area (Å²) in [6.45, 7) is 7.44. The highest BCUT2D eigenvalue weighted by Gasteiger charge is 2.26. The number of hydrogen-bond acceptors (Lipinski definition) is 6. The highest BCUT2D eigenvalue weighted by atomic mass is 16.5. The number of para-hydroxylation sites is 2. The fraction of sp³-hybridized carbons (Fsp3) is 0.526. The Hall–Kier alpha value is -2.41. The lowest BCUT2D eigenvalue weighted by atomic mass is 9.98. The van der Waals surface area contributed by atoms with E-state index in [1.807, 2.05) is 24.3 Å². The molecule has 7 nitrogen and oxygen atoms in total. The molecule has 1 aliphatic rings. The van der Waals surface area contributed by atoms with Crippen molar-refractivity contribution in [2.75, 3.05) is 19.6 Å². The van der Waals surface area contributed by atoms with Gasteiger partial charge in [-0.25, -0.2) is 4.79 Å². The Balaban J connectivity index is 1.43. The van der Waals surface area contributed by atoms with Crippen molar-refractivity contribution >= 4 is 11.1 Å². The van der Waals surface area contributed by atoms with E-state index in [0.29, 0.717) is 12.1 Å². The third-order valence-electron chi connectivity index (χ3n) is 5.04. The van der Waals surface area contributed by atoms with Crippen LogP contribution in [-0.2, 0) is 6.54 Å². The first-order valence-corrected chi connectivity index (χ1v) is 9.26. The van der Waals surface area contributed by atoms with Gasteiger partial charge in [0.25, 0.3) is 0 Å². The first-order valence-electron chi connectivity index (χ1n) is 9.26. The molecule has 0 bridgehead atoms. The van der Waals surface area contributed by atoms with Crippen molar-refractivity contribution < 1.29 is 8.94 Å². The summed E-state index contributed by atoms with van der Waals surface area (Å²) < 4.78 is 12.5. The molecule has 3 aromatic rings. The van der Waals surface area contributed by atoms with Gasteiger partial charge in [0, 0.05) is 25.6 Å². The zero-order chi connectivity index (χ0) is 18.1. The van der Waals surface area contributed by atoms with E-state index in [4.69, 9.17) is 8.94 Å². The van der Waals surface area contributed by atoms with E-state index in [1.165, 1.54) is 0 Å². The third kappa shape index (κ3) is 3.31. The Morgan fingerprint density at radius 1 is 1.27 bits per heavy atom. The van der Waals surface area contributed by atoms with Gasteiger partial charge in [0.1, 0.15) is 0 Å². The van der Waals surface area contributed by atoms with Crippen molar-refractivity contribution in [3.05, 3.63) is 46.5 Å². The van der Waals surface area contributed by atoms with Gasteiger partial charge < -0.3 is 13.8 Å². The maximum absolute atomic E-state index is 12.1. The van der Waals surface area contributed by atoms with E-state index >= 15 is 0 Å². The predicted molar refractivity (Wildman–Crippen MR) is 97.3 cm³/mol. The largest absolute Gasteiger partial charge is 0.419 e. The predicted octanol–water partition coefficient (Wildman–Crippen LogP) is 2.98. The smallest absolute Gasteiger partial charge is 0.408 e. The van der Waals surface area contributed by atoms with E-state index in [-0.39, 0.29) is 17.6 Å². The second-order valence-electron chi connectivity index (χ2n) is 7.27. The Morgan fingerprint density at radius 3 is 2.92 bits per heavy atom. The molecule has 1 aromatic carbocycles. The van der Waals surface area contributed by atoms with Crippen molar-refractivity contribution in [1.29, 1.82) is 0 Å². The lowest BCUT2D eigenvalue weighted by Gasteiger charge is -2.30. The van der Waals surface area contributed by atoms with Gasteiger partial charge in [-0.1, -0.05) is 31.1 Å². The van der Waals surface area contributed by atoms with Crippen LogP contribution in [0.5, 0.6) is 0 Å². The number of oxazole rings is 1. The zero-order valence-corrected chi connectivity index (χ0v) is 15.2. The maximum Gasteiger partial charge on any atom is 0.419 e. The van der Waals surface area contributed by atoms with E-state index in [1.54, 1.807) is 4.57 Å². The van der Waals surface area contributed by atoms with Crippen LogP contribution >= 0.6 is 0 Å². The maximum atomic E-state index is 12.1. The number of aromatic nitrogens is 3. The minimum absolute atomic E-state index is 0.265. The molecule has 1 fully saturated rings. The van der Waals surface area contributed by atoms with E-state index in [0.717, 1.165) is 49.7 Å². The minimum Gasteiger partial charge on any atom is -0.408 e. The summed E-state index contributed by atoms with van der Waals surface area (Å²) in [5.74, 6) is 1.76. The fourth-order valence-corrected chi connectivity index (χ4v) is 3.57. The van der Waals surface area contributed by atoms with Crippen LogP contribution < -0.4 is 5.76 Å². The number of nitrogens with zero attached hydrogens (tertiary/aromatic N) is 4. The molecule has 1 saturated heterocycles. The van der Waals surface area contributed by atoms with Crippen LogP contribution in [0.25, 0.3) is 11.1 Å². The summed E-state index contributed by atoms with van der Waals surface area (Å²) in [5.41, 5.74) is 1.49. The molecule has 1 aliphatic heterocycles. The lowest BCUT2D eigenvalue weighted by Crippen LogP contribution is -2.37. The van der Waals surface area contributed by atoms with Crippen molar-refractivity contribution in [1.82, 2.24) is 19.6 Å². The quantitative estimate of drug-likeness (QED) is 0.699. The van der Waals surface area contributed by atoms with Crippen molar-refractivity contribution in [2.24, 2.45) is 0 Å². The summed E-state index contributed by atoms with van der Waals surface area (Å²) in [6.07, 6.45) is 2.15. The van der Waals surface area contributed by atoms with E-state index in [9.17, 15) is 4.79 Å². The van der Waals surface area contributed by atoms with Crippen LogP contribution in [0.2, 0.25) is 0 Å². The molecule has 7 heteroatoms. The lowest BCUT2D eigenvalue weighted by molar-refractivity contribution is 0.181. The molecule has 1 atom stereocenters. The molecule has 0 amide bonds. The van der Waals surface area contributed by atoms with E-state index in [2.05, 4.69) is 28.9 Å². The molecule has 3 heterocycles. The summed E-state index contributed by atoms with van der Waals surface area (Å²) in [4.78, 5) is 19.0. The van der Waals surface area contributed by atoms with Gasteiger partial charge in [-0.2, -0.15) is 4.98 Å². The summed E-state index contributed by atoms with van der Waals surface area (Å²) in [5, 5.41) is 4.09. The number of hydrogen-bond donors (Lipinski definition) is 0. The van der Waals surface area contributed by atoms with Crippen molar-refractivity contribution in [3.8, 4) is 0 Å². The van der Waals surface area contributed by atoms with Gasteiger partial charge in [-0.05, 0) is 31.5 Å². The molecule has 0 saturated carbocycles. The first kappa shape index (κ1) is 17.0. The van der Waals surface area contributed by atoms with Gasteiger partial charge in [0.05, 0.1) is 11.4 Å². The van der Waals surface area contributed by atoms with Gasteiger partial charge in [-0.15, -0.1) is 0 Å². The molecule has 0 N–H and O–H groups in total. The van der Waals surface area contributed by atoms with Crippen LogP contribution in [0.15, 0.2) is 38.0 Å². The molecule has 0 aliphatic carbocycles. The van der Waals surface area contributed by atoms with Crippen LogP contribution in [0, 0.1) is 0 Å². The normalized spacial score (nSPS) is 18.8. The van der Waals surface area contributed by atoms with Gasteiger partial charge in [-0.3, -0.25) is 4.57 Å². The number of likely N-dealkylation sites (tertiary alicyclic amines) is 1. The average molecular weight is 356 g/mol. The molecule has 0 radical (unpaired) electrons. The number of benzene rings is 1. The zero-order valence-electron chi connectivity index (χ0n) is 15.2.